The highest BCUT2D eigenvalue weighted by Gasteiger charge is 2.35. The van der Waals surface area contributed by atoms with E-state index in [0.29, 0.717) is 16.9 Å². The molecule has 0 bridgehead atoms. The number of nitrogens with zero attached hydrogens (tertiary/aromatic N) is 4. The van der Waals surface area contributed by atoms with Crippen LogP contribution in [0.15, 0.2) is 47.6 Å². The third-order valence-electron chi connectivity index (χ3n) is 5.32. The summed E-state index contributed by atoms with van der Waals surface area (Å²) in [4.78, 5) is 17.3. The summed E-state index contributed by atoms with van der Waals surface area (Å²) in [6.07, 6.45) is -3.40. The number of ether oxygens (including phenoxy) is 1. The molecule has 37 heavy (non-hydrogen) atoms. The van der Waals surface area contributed by atoms with Gasteiger partial charge in [-0.2, -0.15) is 31.8 Å². The summed E-state index contributed by atoms with van der Waals surface area (Å²) in [7, 11) is -3.00. The predicted molar refractivity (Wildman–Crippen MR) is 125 cm³/mol. The second kappa shape index (κ2) is 9.35. The summed E-state index contributed by atoms with van der Waals surface area (Å²) < 4.78 is 73.5. The van der Waals surface area contributed by atoms with E-state index in [4.69, 9.17) is 4.74 Å². The van der Waals surface area contributed by atoms with Gasteiger partial charge in [0.05, 0.1) is 11.4 Å². The van der Waals surface area contributed by atoms with Gasteiger partial charge in [0.15, 0.2) is 10.7 Å². The first-order valence-electron chi connectivity index (χ1n) is 10.7. The number of nitrogens with one attached hydrogen (secondary N) is 2. The quantitative estimate of drug-likeness (QED) is 0.381. The Balaban J connectivity index is 1.81. The van der Waals surface area contributed by atoms with Gasteiger partial charge < -0.3 is 4.74 Å². The van der Waals surface area contributed by atoms with E-state index in [-0.39, 0.29) is 22.8 Å². The maximum Gasteiger partial charge on any atom is 0.435 e. The molecule has 0 spiro atoms. The fraction of sp³-hybridized carbons (Fsp3) is 0.217. The van der Waals surface area contributed by atoms with Crippen LogP contribution in [0, 0.1) is 20.8 Å². The number of aromatic nitrogens is 5. The molecule has 3 heterocycles. The Bertz CT molecular complexity index is 1570. The van der Waals surface area contributed by atoms with Crippen molar-refractivity contribution in [3.8, 4) is 23.0 Å². The molecule has 4 rings (SSSR count). The maximum absolute atomic E-state index is 13.2. The largest absolute Gasteiger partial charge is 0.438 e. The minimum atomic E-state index is -4.67. The first-order valence-corrected chi connectivity index (χ1v) is 12.2. The summed E-state index contributed by atoms with van der Waals surface area (Å²) in [5.41, 5.74) is 1.02. The van der Waals surface area contributed by atoms with Gasteiger partial charge in [0, 0.05) is 13.2 Å². The van der Waals surface area contributed by atoms with Crippen LogP contribution < -0.4 is 9.46 Å². The van der Waals surface area contributed by atoms with E-state index in [1.54, 1.807) is 13.8 Å². The lowest BCUT2D eigenvalue weighted by Gasteiger charge is -2.16. The van der Waals surface area contributed by atoms with E-state index in [9.17, 15) is 26.4 Å². The van der Waals surface area contributed by atoms with Crippen molar-refractivity contribution in [3.63, 3.8) is 0 Å². The molecule has 4 aromatic rings. The summed E-state index contributed by atoms with van der Waals surface area (Å²) in [6, 6.07) is 8.14. The number of aryl methyl sites for hydroxylation is 4. The summed E-state index contributed by atoms with van der Waals surface area (Å²) in [5.74, 6) is -1.02. The van der Waals surface area contributed by atoms with Crippen molar-refractivity contribution in [2.75, 3.05) is 0 Å². The van der Waals surface area contributed by atoms with Crippen molar-refractivity contribution in [1.29, 1.82) is 0 Å². The van der Waals surface area contributed by atoms with Crippen molar-refractivity contribution >= 4 is 15.9 Å². The van der Waals surface area contributed by atoms with Crippen molar-refractivity contribution < 1.29 is 31.1 Å². The Morgan fingerprint density at radius 2 is 1.76 bits per heavy atom. The molecular weight excluding hydrogens is 513 g/mol. The van der Waals surface area contributed by atoms with Crippen LogP contribution in [-0.2, 0) is 23.2 Å². The van der Waals surface area contributed by atoms with Crippen molar-refractivity contribution in [2.24, 2.45) is 7.05 Å². The lowest BCUT2D eigenvalue weighted by Crippen LogP contribution is -2.31. The molecule has 0 saturated heterocycles. The van der Waals surface area contributed by atoms with E-state index in [0.717, 1.165) is 22.4 Å². The highest BCUT2D eigenvalue weighted by atomic mass is 32.2. The lowest BCUT2D eigenvalue weighted by molar-refractivity contribution is -0.141. The van der Waals surface area contributed by atoms with Gasteiger partial charge in [0.25, 0.3) is 15.9 Å². The highest BCUT2D eigenvalue weighted by Crippen LogP contribution is 2.34. The molecule has 194 valence electrons. The van der Waals surface area contributed by atoms with Gasteiger partial charge in [-0.05, 0) is 56.2 Å². The average Bonchev–Trinajstić information content (AvgIpc) is 3.46. The number of benzene rings is 1. The normalized spacial score (nSPS) is 12.0. The zero-order chi connectivity index (χ0) is 27.1. The third-order valence-corrected chi connectivity index (χ3v) is 6.55. The molecule has 0 fully saturated rings. The molecule has 0 aliphatic rings. The van der Waals surface area contributed by atoms with Gasteiger partial charge in [-0.1, -0.05) is 17.7 Å². The van der Waals surface area contributed by atoms with Gasteiger partial charge >= 0.3 is 6.18 Å². The van der Waals surface area contributed by atoms with Gasteiger partial charge in [-0.25, -0.2) is 9.71 Å². The minimum absolute atomic E-state index is 0.00521. The number of carbonyl (C=O) groups excluding carboxylic acids is 1. The SMILES string of the molecule is Cc1cc(C)c(Oc2nc(-c3cc(C(F)(F)F)nn3C)ccc2C(=O)NS(=O)(=O)c2cc[nH]n2)c(C)c1. The topological polar surface area (TPSA) is 132 Å². The summed E-state index contributed by atoms with van der Waals surface area (Å²) in [5, 5.41) is 8.99. The zero-order valence-corrected chi connectivity index (χ0v) is 20.8. The standard InChI is InChI=1S/C23H21F3N6O4S/c1-12-9-13(2)20(14(3)10-12)36-22-15(21(33)31-37(34,35)19-7-8-27-29-19)5-6-16(28-22)17-11-18(23(24,25)26)30-32(17)4/h5-11H,1-4H3,(H,27,29)(H,31,33). The molecule has 3 aromatic heterocycles. The van der Waals surface area contributed by atoms with Gasteiger partial charge in [0.1, 0.15) is 11.3 Å². The van der Waals surface area contributed by atoms with E-state index in [1.165, 1.54) is 25.4 Å². The molecule has 1 aromatic carbocycles. The number of carbonyl (C=O) groups is 1. The molecule has 1 amide bonds. The van der Waals surface area contributed by atoms with E-state index < -0.39 is 32.8 Å². The Morgan fingerprint density at radius 1 is 1.08 bits per heavy atom. The van der Waals surface area contributed by atoms with E-state index in [1.807, 2.05) is 23.8 Å². The fourth-order valence-corrected chi connectivity index (χ4v) is 4.61. The molecular formula is C23H21F3N6O4S. The molecule has 0 atom stereocenters. The molecule has 0 aliphatic carbocycles. The molecule has 10 nitrogen and oxygen atoms in total. The first kappa shape index (κ1) is 25.9. The van der Waals surface area contributed by atoms with Gasteiger partial charge in [-0.15, -0.1) is 0 Å². The number of rotatable bonds is 6. The van der Waals surface area contributed by atoms with Crippen LogP contribution in [0.5, 0.6) is 11.6 Å². The lowest BCUT2D eigenvalue weighted by atomic mass is 10.1. The number of pyridine rings is 1. The number of H-pyrrole nitrogens is 1. The Morgan fingerprint density at radius 3 is 2.32 bits per heavy atom. The highest BCUT2D eigenvalue weighted by molar-refractivity contribution is 7.90. The van der Waals surface area contributed by atoms with Crippen LogP contribution in [0.2, 0.25) is 0 Å². The third kappa shape index (κ3) is 5.33. The van der Waals surface area contributed by atoms with Crippen LogP contribution in [-0.4, -0.2) is 39.3 Å². The van der Waals surface area contributed by atoms with Crippen molar-refractivity contribution in [1.82, 2.24) is 29.7 Å². The molecule has 0 radical (unpaired) electrons. The van der Waals surface area contributed by atoms with Crippen molar-refractivity contribution in [2.45, 2.75) is 32.0 Å². The van der Waals surface area contributed by atoms with Crippen LogP contribution in [0.3, 0.4) is 0 Å². The molecule has 0 saturated carbocycles. The number of hydrogen-bond acceptors (Lipinski definition) is 7. The number of aromatic amines is 1. The van der Waals surface area contributed by atoms with Crippen LogP contribution in [0.4, 0.5) is 13.2 Å². The number of halogens is 3. The van der Waals surface area contributed by atoms with Crippen LogP contribution in [0.1, 0.15) is 32.7 Å². The van der Waals surface area contributed by atoms with Crippen LogP contribution in [0.25, 0.3) is 11.4 Å². The first-order chi connectivity index (χ1) is 17.3. The Labute approximate surface area is 209 Å². The second-order valence-corrected chi connectivity index (χ2v) is 9.89. The molecule has 0 aliphatic heterocycles. The Hall–Kier alpha value is -4.20. The van der Waals surface area contributed by atoms with E-state index >= 15 is 0 Å². The van der Waals surface area contributed by atoms with Crippen LogP contribution >= 0.6 is 0 Å². The van der Waals surface area contributed by atoms with Gasteiger partial charge in [0.2, 0.25) is 5.88 Å². The maximum atomic E-state index is 13.2. The predicted octanol–water partition coefficient (Wildman–Crippen LogP) is 4.06. The zero-order valence-electron chi connectivity index (χ0n) is 20.0. The van der Waals surface area contributed by atoms with Crippen molar-refractivity contribution in [3.05, 3.63) is 70.5 Å². The second-order valence-electron chi connectivity index (χ2n) is 8.26. The monoisotopic (exact) mass is 534 g/mol. The van der Waals surface area contributed by atoms with Gasteiger partial charge in [-0.3, -0.25) is 14.6 Å². The molecule has 14 heteroatoms. The molecule has 2 N–H and O–H groups in total. The number of alkyl halides is 3. The average molecular weight is 535 g/mol. The fourth-order valence-electron chi connectivity index (χ4n) is 3.73. The number of amides is 1. The molecule has 0 unspecified atom stereocenters. The minimum Gasteiger partial charge on any atom is -0.438 e. The van der Waals surface area contributed by atoms with E-state index in [2.05, 4.69) is 20.3 Å². The smallest absolute Gasteiger partial charge is 0.435 e. The number of hydrogen-bond donors (Lipinski definition) is 2. The summed E-state index contributed by atoms with van der Waals surface area (Å²) in [6.45, 7) is 5.44. The number of sulfonamides is 1. The summed E-state index contributed by atoms with van der Waals surface area (Å²) >= 11 is 0. The Kier molecular flexibility index (Phi) is 6.54.